The van der Waals surface area contributed by atoms with Gasteiger partial charge in [-0.05, 0) is 60.3 Å². The van der Waals surface area contributed by atoms with Gasteiger partial charge in [-0.1, -0.05) is 18.6 Å². The van der Waals surface area contributed by atoms with Crippen LogP contribution in [0.3, 0.4) is 0 Å². The molecule has 2 heterocycles. The summed E-state index contributed by atoms with van der Waals surface area (Å²) in [6.45, 7) is 8.38. The third-order valence-electron chi connectivity index (χ3n) is 6.04. The summed E-state index contributed by atoms with van der Waals surface area (Å²) in [6.07, 6.45) is 4.60. The molecule has 1 saturated carbocycles. The number of anilines is 3. The Labute approximate surface area is 204 Å². The van der Waals surface area contributed by atoms with E-state index in [9.17, 15) is 4.79 Å². The second-order valence-electron chi connectivity index (χ2n) is 9.06. The number of amides is 1. The first-order valence-electron chi connectivity index (χ1n) is 11.7. The first-order chi connectivity index (χ1) is 16.0. The molecule has 8 nitrogen and oxygen atoms in total. The van der Waals surface area contributed by atoms with Crippen molar-refractivity contribution < 1.29 is 9.53 Å². The molecule has 1 aliphatic heterocycles. The molecule has 1 aliphatic carbocycles. The minimum atomic E-state index is -0.0532. The Balaban J connectivity index is 1.42. The van der Waals surface area contributed by atoms with E-state index in [0.29, 0.717) is 11.8 Å². The lowest BCUT2D eigenvalue weighted by Gasteiger charge is -2.26. The third kappa shape index (κ3) is 6.65. The largest absolute Gasteiger partial charge is 0.379 e. The first-order valence-corrected chi connectivity index (χ1v) is 12.5. The maximum atomic E-state index is 12.6. The van der Waals surface area contributed by atoms with E-state index in [0.717, 1.165) is 62.3 Å². The number of ether oxygens (including phenoxy) is 1. The van der Waals surface area contributed by atoms with Crippen LogP contribution < -0.4 is 16.0 Å². The molecule has 0 radical (unpaired) electrons. The van der Waals surface area contributed by atoms with Gasteiger partial charge in [-0.25, -0.2) is 4.98 Å². The van der Waals surface area contributed by atoms with Crippen LogP contribution in [0.2, 0.25) is 0 Å². The number of carbonyl (C=O) groups excluding carboxylic acids is 1. The highest BCUT2D eigenvalue weighted by Gasteiger charge is 2.33. The van der Waals surface area contributed by atoms with Crippen molar-refractivity contribution in [1.29, 1.82) is 0 Å². The van der Waals surface area contributed by atoms with Crippen LogP contribution in [-0.2, 0) is 16.1 Å². The second-order valence-corrected chi connectivity index (χ2v) is 9.91. The van der Waals surface area contributed by atoms with Crippen LogP contribution in [-0.4, -0.2) is 59.2 Å². The van der Waals surface area contributed by atoms with Crippen LogP contribution in [0.25, 0.3) is 0 Å². The summed E-state index contributed by atoms with van der Waals surface area (Å²) in [5.41, 5.74) is 2.19. The number of carbonyl (C=O) groups is 1. The smallest absolute Gasteiger partial charge is 0.229 e. The van der Waals surface area contributed by atoms with E-state index in [-0.39, 0.29) is 23.9 Å². The zero-order valence-electron chi connectivity index (χ0n) is 19.3. The Bertz CT molecular complexity index is 950. The Morgan fingerprint density at radius 3 is 2.88 bits per heavy atom. The Kier molecular flexibility index (Phi) is 8.16. The van der Waals surface area contributed by atoms with Gasteiger partial charge >= 0.3 is 0 Å². The van der Waals surface area contributed by atoms with Gasteiger partial charge in [0.1, 0.15) is 5.82 Å². The summed E-state index contributed by atoms with van der Waals surface area (Å²) >= 11 is 3.56. The molecule has 178 valence electrons. The molecule has 1 saturated heterocycles. The molecular weight excluding hydrogens is 484 g/mol. The van der Waals surface area contributed by atoms with Crippen LogP contribution in [0.1, 0.15) is 38.7 Å². The monoisotopic (exact) mass is 516 g/mol. The van der Waals surface area contributed by atoms with E-state index in [4.69, 9.17) is 9.72 Å². The Morgan fingerprint density at radius 2 is 2.09 bits per heavy atom. The molecule has 1 aromatic heterocycles. The molecule has 2 aliphatic rings. The topological polar surface area (TPSA) is 91.4 Å². The average molecular weight is 517 g/mol. The van der Waals surface area contributed by atoms with Crippen molar-refractivity contribution in [2.75, 3.05) is 36.9 Å². The summed E-state index contributed by atoms with van der Waals surface area (Å²) in [5, 5.41) is 9.86. The van der Waals surface area contributed by atoms with E-state index < -0.39 is 0 Å². The third-order valence-corrected chi connectivity index (χ3v) is 6.62. The van der Waals surface area contributed by atoms with Crippen molar-refractivity contribution in [2.24, 2.45) is 5.92 Å². The van der Waals surface area contributed by atoms with Gasteiger partial charge < -0.3 is 20.7 Å². The normalized spacial score (nSPS) is 21.2. The summed E-state index contributed by atoms with van der Waals surface area (Å²) < 4.78 is 6.22. The van der Waals surface area contributed by atoms with E-state index >= 15 is 0 Å². The number of benzene rings is 1. The highest BCUT2D eigenvalue weighted by molar-refractivity contribution is 9.10. The van der Waals surface area contributed by atoms with Crippen molar-refractivity contribution in [2.45, 2.75) is 51.7 Å². The average Bonchev–Trinajstić information content (AvgIpc) is 3.25. The van der Waals surface area contributed by atoms with Crippen molar-refractivity contribution in [3.63, 3.8) is 0 Å². The predicted octanol–water partition coefficient (Wildman–Crippen LogP) is 3.92. The molecule has 4 rings (SSSR count). The lowest BCUT2D eigenvalue weighted by molar-refractivity contribution is -0.125. The number of morpholine rings is 1. The SMILES string of the molecule is CC(C)NC(=O)[C@H]1CCC[C@H]1Nc1nc(Nc2cccc(CN3CCOCC3)c2)ncc1Br. The fourth-order valence-corrected chi connectivity index (χ4v) is 4.74. The summed E-state index contributed by atoms with van der Waals surface area (Å²) in [6, 6.07) is 8.53. The van der Waals surface area contributed by atoms with Gasteiger partial charge in [0.25, 0.3) is 0 Å². The van der Waals surface area contributed by atoms with Gasteiger partial charge in [0.2, 0.25) is 11.9 Å². The number of hydrogen-bond donors (Lipinski definition) is 3. The van der Waals surface area contributed by atoms with Gasteiger partial charge in [-0.3, -0.25) is 9.69 Å². The van der Waals surface area contributed by atoms with E-state index in [2.05, 4.69) is 53.9 Å². The van der Waals surface area contributed by atoms with E-state index in [1.165, 1.54) is 5.56 Å². The van der Waals surface area contributed by atoms with Crippen molar-refractivity contribution in [3.05, 3.63) is 40.5 Å². The molecule has 2 atom stereocenters. The minimum absolute atomic E-state index is 0.0532. The first kappa shape index (κ1) is 23.9. The van der Waals surface area contributed by atoms with Crippen molar-refractivity contribution in [3.8, 4) is 0 Å². The maximum absolute atomic E-state index is 12.6. The fourth-order valence-electron chi connectivity index (χ4n) is 4.44. The van der Waals surface area contributed by atoms with Crippen molar-refractivity contribution in [1.82, 2.24) is 20.2 Å². The Hall–Kier alpha value is -2.23. The van der Waals surface area contributed by atoms with Gasteiger partial charge in [-0.2, -0.15) is 4.98 Å². The van der Waals surface area contributed by atoms with E-state index in [1.807, 2.05) is 26.0 Å². The van der Waals surface area contributed by atoms with Gasteiger partial charge in [0.15, 0.2) is 0 Å². The second kappa shape index (κ2) is 11.3. The standard InChI is InChI=1S/C24H33BrN6O2/c1-16(2)27-23(32)19-7-4-8-21(19)29-22-20(25)14-26-24(30-22)28-18-6-3-5-17(13-18)15-31-9-11-33-12-10-31/h3,5-6,13-14,16,19,21H,4,7-12,15H2,1-2H3,(H,27,32)(H2,26,28,29,30)/t19-,21+/m0/s1. The van der Waals surface area contributed by atoms with Gasteiger partial charge in [0.05, 0.1) is 23.6 Å². The number of aromatic nitrogens is 2. The molecule has 0 bridgehead atoms. The van der Waals surface area contributed by atoms with E-state index in [1.54, 1.807) is 6.20 Å². The number of halogens is 1. The zero-order chi connectivity index (χ0) is 23.2. The predicted molar refractivity (Wildman–Crippen MR) is 134 cm³/mol. The maximum Gasteiger partial charge on any atom is 0.229 e. The molecule has 0 spiro atoms. The summed E-state index contributed by atoms with van der Waals surface area (Å²) in [7, 11) is 0. The fraction of sp³-hybridized carbons (Fsp3) is 0.542. The van der Waals surface area contributed by atoms with Crippen LogP contribution >= 0.6 is 15.9 Å². The molecule has 33 heavy (non-hydrogen) atoms. The van der Waals surface area contributed by atoms with Crippen molar-refractivity contribution >= 4 is 39.3 Å². The lowest BCUT2D eigenvalue weighted by atomic mass is 10.0. The van der Waals surface area contributed by atoms with Gasteiger partial charge in [-0.15, -0.1) is 0 Å². The molecule has 1 amide bonds. The minimum Gasteiger partial charge on any atom is -0.379 e. The highest BCUT2D eigenvalue weighted by Crippen LogP contribution is 2.31. The molecule has 3 N–H and O–H groups in total. The Morgan fingerprint density at radius 1 is 1.27 bits per heavy atom. The lowest BCUT2D eigenvalue weighted by Crippen LogP contribution is -2.41. The van der Waals surface area contributed by atoms with Crippen LogP contribution in [0.15, 0.2) is 34.9 Å². The molecular formula is C24H33BrN6O2. The number of nitrogens with zero attached hydrogens (tertiary/aromatic N) is 3. The quantitative estimate of drug-likeness (QED) is 0.489. The van der Waals surface area contributed by atoms with Crippen LogP contribution in [0, 0.1) is 5.92 Å². The molecule has 0 unspecified atom stereocenters. The summed E-state index contributed by atoms with van der Waals surface area (Å²) in [5.74, 6) is 1.28. The highest BCUT2D eigenvalue weighted by atomic mass is 79.9. The molecule has 2 aromatic rings. The number of hydrogen-bond acceptors (Lipinski definition) is 7. The molecule has 9 heteroatoms. The summed E-state index contributed by atoms with van der Waals surface area (Å²) in [4.78, 5) is 24.1. The van der Waals surface area contributed by atoms with Crippen LogP contribution in [0.4, 0.5) is 17.5 Å². The zero-order valence-corrected chi connectivity index (χ0v) is 20.9. The van der Waals surface area contributed by atoms with Gasteiger partial charge in [0, 0.05) is 43.6 Å². The molecule has 1 aromatic carbocycles. The number of nitrogens with one attached hydrogen (secondary N) is 3. The number of rotatable bonds is 8. The molecule has 2 fully saturated rings. The van der Waals surface area contributed by atoms with Crippen LogP contribution in [0.5, 0.6) is 0 Å².